The topological polar surface area (TPSA) is 186 Å². The van der Waals surface area contributed by atoms with E-state index in [1.807, 2.05) is 69.3 Å². The highest BCUT2D eigenvalue weighted by molar-refractivity contribution is 5.88. The molecule has 4 saturated carbocycles. The van der Waals surface area contributed by atoms with E-state index in [-0.39, 0.29) is 54.8 Å². The number of alkyl halides is 12. The second-order valence-electron chi connectivity index (χ2n) is 24.0. The van der Waals surface area contributed by atoms with Gasteiger partial charge in [-0.1, -0.05) is 44.2 Å². The van der Waals surface area contributed by atoms with Gasteiger partial charge in [-0.25, -0.2) is 20.9 Å². The fourth-order valence-corrected chi connectivity index (χ4v) is 10.5. The van der Waals surface area contributed by atoms with Crippen molar-refractivity contribution >= 4 is 45.4 Å². The summed E-state index contributed by atoms with van der Waals surface area (Å²) in [5.74, 6) is 9.47. The minimum Gasteiger partial charge on any atom is -0.494 e. The first kappa shape index (κ1) is 72.5. The van der Waals surface area contributed by atoms with Crippen LogP contribution in [0, 0.1) is 30.6 Å². The third-order valence-electron chi connectivity index (χ3n) is 15.7. The number of ether oxygens (including phenoxy) is 1. The second kappa shape index (κ2) is 30.9. The molecule has 4 aromatic carbocycles. The van der Waals surface area contributed by atoms with E-state index in [1.54, 1.807) is 7.11 Å². The molecule has 0 amide bonds. The molecule has 4 aliphatic carbocycles. The summed E-state index contributed by atoms with van der Waals surface area (Å²) in [6.07, 6.45) is -11.8. The average molecular weight is 1320 g/mol. The number of aryl methyl sites for hydroxylation is 1. The zero-order chi connectivity index (χ0) is 68.3. The molecular weight excluding hydrogens is 1230 g/mol. The number of halogens is 12. The minimum absolute atomic E-state index is 0.0118. The number of aliphatic hydroxyl groups is 1. The van der Waals surface area contributed by atoms with Gasteiger partial charge in [0.25, 0.3) is 0 Å². The number of pyridine rings is 2. The molecule has 2 heterocycles. The lowest BCUT2D eigenvalue weighted by atomic mass is 10.0. The molecule has 0 saturated heterocycles. The highest BCUT2D eigenvalue weighted by Crippen LogP contribution is 2.43. The molecule has 2 aromatic heterocycles. The molecule has 4 aliphatic rings. The first-order valence-corrected chi connectivity index (χ1v) is 30.9. The van der Waals surface area contributed by atoms with Crippen molar-refractivity contribution in [2.45, 2.75) is 136 Å². The fraction of sp³-hybridized carbons (Fsp3) is 0.485. The van der Waals surface area contributed by atoms with E-state index in [1.165, 1.54) is 23.8 Å². The molecule has 10 rings (SSSR count). The summed E-state index contributed by atoms with van der Waals surface area (Å²) in [7, 11) is 2.96. The normalized spacial score (nSPS) is 15.7. The first-order chi connectivity index (χ1) is 43.9. The number of nitrogens with one attached hydrogen (secondary N) is 1. The molecule has 4 fully saturated rings. The van der Waals surface area contributed by atoms with Crippen LogP contribution in [-0.2, 0) is 50.9 Å². The fourth-order valence-electron chi connectivity index (χ4n) is 10.5. The quantitative estimate of drug-likeness (QED) is 0.0102. The lowest BCUT2D eigenvalue weighted by molar-refractivity contribution is -0.144. The number of guanidine groups is 2. The van der Waals surface area contributed by atoms with Crippen LogP contribution >= 0.6 is 0 Å². The van der Waals surface area contributed by atoms with Gasteiger partial charge in [0, 0.05) is 81.3 Å². The first-order valence-electron chi connectivity index (χ1n) is 30.9. The van der Waals surface area contributed by atoms with Crippen LogP contribution in [0.2, 0.25) is 0 Å². The molecular formula is C66H83F12N13O2. The molecule has 93 heavy (non-hydrogen) atoms. The zero-order valence-corrected chi connectivity index (χ0v) is 53.1. The van der Waals surface area contributed by atoms with Gasteiger partial charge in [-0.3, -0.25) is 0 Å². The van der Waals surface area contributed by atoms with E-state index < -0.39 is 66.2 Å². The monoisotopic (exact) mass is 1320 g/mol. The van der Waals surface area contributed by atoms with Crippen LogP contribution in [0.3, 0.4) is 0 Å². The molecule has 27 heteroatoms. The number of hydrazone groups is 2. The Bertz CT molecular complexity index is 3430. The lowest BCUT2D eigenvalue weighted by Gasteiger charge is -2.30. The Kier molecular flexibility index (Phi) is 24.1. The van der Waals surface area contributed by atoms with E-state index in [4.69, 9.17) is 32.0 Å². The molecule has 8 N–H and O–H groups in total. The average Bonchev–Trinajstić information content (AvgIpc) is 1.79. The highest BCUT2D eigenvalue weighted by atomic mass is 19.4. The van der Waals surface area contributed by atoms with Gasteiger partial charge in [0.15, 0.2) is 0 Å². The Morgan fingerprint density at radius 1 is 0.591 bits per heavy atom. The maximum absolute atomic E-state index is 13.7. The Balaban J connectivity index is 0.000000250. The number of anilines is 2. The van der Waals surface area contributed by atoms with Crippen molar-refractivity contribution in [3.8, 4) is 5.75 Å². The van der Waals surface area contributed by atoms with Gasteiger partial charge in [-0.15, -0.1) is 23.4 Å². The molecule has 1 unspecified atom stereocenters. The van der Waals surface area contributed by atoms with Crippen molar-refractivity contribution in [3.05, 3.63) is 148 Å². The summed E-state index contributed by atoms with van der Waals surface area (Å²) in [5, 5.41) is 20.3. The van der Waals surface area contributed by atoms with E-state index in [2.05, 4.69) is 38.6 Å². The van der Waals surface area contributed by atoms with E-state index in [0.29, 0.717) is 70.6 Å². The van der Waals surface area contributed by atoms with E-state index >= 15 is 0 Å². The number of aliphatic hydroxyl groups excluding tert-OH is 1. The Hall–Kier alpha value is -7.94. The van der Waals surface area contributed by atoms with Gasteiger partial charge in [-0.05, 0) is 160 Å². The van der Waals surface area contributed by atoms with Gasteiger partial charge in [-0.2, -0.15) is 52.7 Å². The Morgan fingerprint density at radius 3 is 1.31 bits per heavy atom. The maximum atomic E-state index is 13.7. The number of rotatable bonds is 23. The molecule has 508 valence electrons. The summed E-state index contributed by atoms with van der Waals surface area (Å²) in [5.41, 5.74) is 13.0. The SMILES string of the molecule is C=C.CC.COc1cccc2cc(CN(Cc3cc(C(F)(F)F)cc(C(F)(F)F)c3)/C(N)=N/N(C)N)c(N(CC3CC3)CC3CC3)nc12.Cc1cccc2cc(CN(Cc3cc(C(F)(F)F)cc(C(F)(F)F)c3)/C(N)=N/NCC(C)O)c(N(CC3CC3)CC3CC3)nc12. The number of hydrogen-bond donors (Lipinski definition) is 5. The number of nitrogens with zero attached hydrogens (tertiary/aromatic N) is 9. The zero-order valence-electron chi connectivity index (χ0n) is 53.1. The third-order valence-corrected chi connectivity index (χ3v) is 15.7. The molecule has 15 nitrogen and oxygen atoms in total. The third kappa shape index (κ3) is 21.0. The van der Waals surface area contributed by atoms with Crippen molar-refractivity contribution in [2.75, 3.05) is 56.7 Å². The summed E-state index contributed by atoms with van der Waals surface area (Å²) in [6.45, 7) is 15.9. The highest BCUT2D eigenvalue weighted by Gasteiger charge is 2.40. The van der Waals surface area contributed by atoms with Crippen LogP contribution in [0.1, 0.15) is 122 Å². The number of fused-ring (bicyclic) bond motifs is 2. The Labute approximate surface area is 534 Å². The maximum Gasteiger partial charge on any atom is 0.416 e. The van der Waals surface area contributed by atoms with Crippen molar-refractivity contribution in [1.29, 1.82) is 0 Å². The molecule has 6 aromatic rings. The Morgan fingerprint density at radius 2 is 0.957 bits per heavy atom. The van der Waals surface area contributed by atoms with E-state index in [9.17, 15) is 57.8 Å². The van der Waals surface area contributed by atoms with Crippen LogP contribution in [-0.4, -0.2) is 94.9 Å². The van der Waals surface area contributed by atoms with Gasteiger partial charge >= 0.3 is 24.7 Å². The summed E-state index contributed by atoms with van der Waals surface area (Å²) >= 11 is 0. The number of hydrogen-bond acceptors (Lipinski definition) is 11. The minimum atomic E-state index is -4.99. The van der Waals surface area contributed by atoms with Crippen molar-refractivity contribution in [3.63, 3.8) is 0 Å². The second-order valence-corrected chi connectivity index (χ2v) is 24.0. The van der Waals surface area contributed by atoms with Crippen molar-refractivity contribution < 1.29 is 62.5 Å². The molecule has 0 aliphatic heterocycles. The van der Waals surface area contributed by atoms with Gasteiger partial charge < -0.3 is 46.3 Å². The van der Waals surface area contributed by atoms with Gasteiger partial charge in [0.2, 0.25) is 11.9 Å². The summed E-state index contributed by atoms with van der Waals surface area (Å²) < 4.78 is 170. The van der Waals surface area contributed by atoms with Crippen LogP contribution in [0.5, 0.6) is 5.75 Å². The summed E-state index contributed by atoms with van der Waals surface area (Å²) in [6, 6.07) is 18.2. The predicted octanol–water partition coefficient (Wildman–Crippen LogP) is 14.2. The van der Waals surface area contributed by atoms with Crippen LogP contribution in [0.15, 0.2) is 108 Å². The van der Waals surface area contributed by atoms with Crippen LogP contribution in [0.25, 0.3) is 21.8 Å². The smallest absolute Gasteiger partial charge is 0.416 e. The molecule has 0 bridgehead atoms. The number of para-hydroxylation sites is 2. The molecule has 0 radical (unpaired) electrons. The molecule has 1 atom stereocenters. The largest absolute Gasteiger partial charge is 0.494 e. The van der Waals surface area contributed by atoms with Crippen molar-refractivity contribution in [1.82, 2.24) is 30.3 Å². The summed E-state index contributed by atoms with van der Waals surface area (Å²) in [4.78, 5) is 17.5. The van der Waals surface area contributed by atoms with E-state index in [0.717, 1.165) is 116 Å². The standard InChI is InChI=1S/C32H38F6N6O.C30H35F6N7O.C2H6.C2H4/c1-19-4-3-5-24-12-25(29(41-28(19)24)43(15-21-6-7-21)16-22-8-9-22)18-44(30(39)42-40-14-20(2)45)17-23-10-26(31(33,34)35)13-27(11-23)32(36,37)38;1-41(38)40-28(37)43(16-20-10-23(29(31,32)33)13-24(11-20)30(34,35)36)17-22-12-21-4-3-5-25(44-2)26(21)39-27(22)42(14-18-6-7-18)15-19-8-9-19;2*1-2/h3-5,10-13,20-22,40,45H,6-9,14-18H2,1-2H3,(H2,39,42);3-5,10-13,18-19H,6-9,14-17,38H2,1-2H3,(H2,37,40);1-2H3;1-2H2. The molecule has 0 spiro atoms. The number of aromatic nitrogens is 2. The van der Waals surface area contributed by atoms with Crippen LogP contribution < -0.4 is 37.3 Å². The number of benzene rings is 4. The van der Waals surface area contributed by atoms with Crippen molar-refractivity contribution in [2.24, 2.45) is 51.2 Å². The van der Waals surface area contributed by atoms with Crippen LogP contribution in [0.4, 0.5) is 64.3 Å². The number of methoxy groups -OCH3 is 1. The number of hydrazine groups is 1. The predicted molar refractivity (Wildman–Crippen MR) is 339 cm³/mol. The van der Waals surface area contributed by atoms with Gasteiger partial charge in [0.1, 0.15) is 22.9 Å². The van der Waals surface area contributed by atoms with Gasteiger partial charge in [0.05, 0.1) is 47.5 Å². The lowest BCUT2D eigenvalue weighted by Crippen LogP contribution is -2.40. The number of nitrogens with two attached hydrogens (primary N) is 3.